The van der Waals surface area contributed by atoms with Gasteiger partial charge in [0.1, 0.15) is 11.5 Å². The molecule has 4 heteroatoms. The van der Waals surface area contributed by atoms with E-state index in [4.69, 9.17) is 11.1 Å². The standard InChI is InChI=1S/C10H14N4/c1-14(7-4-5-7)8-3-2-6-13-9(8)10(11)12/h2-3,6-7H,4-5H2,1H3,(H3,11,12). The van der Waals surface area contributed by atoms with Gasteiger partial charge in [0.25, 0.3) is 0 Å². The van der Waals surface area contributed by atoms with Crippen LogP contribution in [0.1, 0.15) is 18.5 Å². The Balaban J connectivity index is 2.34. The van der Waals surface area contributed by atoms with Crippen LogP contribution in [0.25, 0.3) is 0 Å². The van der Waals surface area contributed by atoms with Gasteiger partial charge in [0.05, 0.1) is 5.69 Å². The Hall–Kier alpha value is -1.58. The van der Waals surface area contributed by atoms with Crippen LogP contribution in [0, 0.1) is 5.41 Å². The van der Waals surface area contributed by atoms with Crippen LogP contribution in [0.15, 0.2) is 18.3 Å². The fourth-order valence-corrected chi connectivity index (χ4v) is 1.55. The molecule has 1 heterocycles. The minimum atomic E-state index is 0.0353. The van der Waals surface area contributed by atoms with Crippen LogP contribution >= 0.6 is 0 Å². The molecule has 0 spiro atoms. The molecule has 0 aliphatic heterocycles. The average Bonchev–Trinajstić information content (AvgIpc) is 3.00. The van der Waals surface area contributed by atoms with Crippen molar-refractivity contribution < 1.29 is 0 Å². The summed E-state index contributed by atoms with van der Waals surface area (Å²) in [5.41, 5.74) is 7.01. The molecule has 0 radical (unpaired) electrons. The third kappa shape index (κ3) is 1.55. The number of pyridine rings is 1. The molecule has 1 aromatic rings. The van der Waals surface area contributed by atoms with E-state index in [1.807, 2.05) is 19.2 Å². The molecule has 1 aliphatic rings. The van der Waals surface area contributed by atoms with Crippen molar-refractivity contribution in [2.75, 3.05) is 11.9 Å². The van der Waals surface area contributed by atoms with E-state index < -0.39 is 0 Å². The lowest BCUT2D eigenvalue weighted by Gasteiger charge is -2.20. The Morgan fingerprint density at radius 2 is 2.36 bits per heavy atom. The number of nitrogens with two attached hydrogens (primary N) is 1. The molecule has 0 amide bonds. The second-order valence-corrected chi connectivity index (χ2v) is 3.63. The summed E-state index contributed by atoms with van der Waals surface area (Å²) in [5, 5.41) is 7.42. The smallest absolute Gasteiger partial charge is 0.143 e. The minimum absolute atomic E-state index is 0.0353. The first-order valence-corrected chi connectivity index (χ1v) is 4.72. The predicted octanol–water partition coefficient (Wildman–Crippen LogP) is 0.964. The molecule has 3 N–H and O–H groups in total. The molecule has 0 bridgehead atoms. The Kier molecular flexibility index (Phi) is 2.11. The number of hydrogen-bond acceptors (Lipinski definition) is 3. The van der Waals surface area contributed by atoms with Gasteiger partial charge in [0.15, 0.2) is 0 Å². The summed E-state index contributed by atoms with van der Waals surface area (Å²) >= 11 is 0. The minimum Gasteiger partial charge on any atom is -0.382 e. The molecule has 0 atom stereocenters. The molecule has 0 aromatic carbocycles. The highest BCUT2D eigenvalue weighted by molar-refractivity contribution is 5.98. The molecule has 1 aromatic heterocycles. The molecule has 14 heavy (non-hydrogen) atoms. The maximum atomic E-state index is 7.42. The monoisotopic (exact) mass is 190 g/mol. The van der Waals surface area contributed by atoms with Gasteiger partial charge in [-0.1, -0.05) is 0 Å². The van der Waals surface area contributed by atoms with Crippen molar-refractivity contribution in [1.29, 1.82) is 5.41 Å². The van der Waals surface area contributed by atoms with E-state index in [9.17, 15) is 0 Å². The highest BCUT2D eigenvalue weighted by atomic mass is 15.2. The first kappa shape index (κ1) is 8.99. The van der Waals surface area contributed by atoms with Gasteiger partial charge in [-0.25, -0.2) is 0 Å². The maximum absolute atomic E-state index is 7.42. The van der Waals surface area contributed by atoms with Crippen LogP contribution in [0.4, 0.5) is 5.69 Å². The first-order chi connectivity index (χ1) is 6.70. The molecule has 0 unspecified atom stereocenters. The third-order valence-corrected chi connectivity index (χ3v) is 2.52. The SMILES string of the molecule is CN(c1cccnc1C(=N)N)C1CC1. The number of aromatic nitrogens is 1. The van der Waals surface area contributed by atoms with Gasteiger partial charge in [-0.05, 0) is 25.0 Å². The molecule has 1 saturated carbocycles. The summed E-state index contributed by atoms with van der Waals surface area (Å²) in [4.78, 5) is 6.27. The van der Waals surface area contributed by atoms with E-state index in [1.165, 1.54) is 12.8 Å². The normalized spacial score (nSPS) is 15.2. The number of nitrogen functional groups attached to an aromatic ring is 1. The molecule has 1 fully saturated rings. The number of rotatable bonds is 3. The van der Waals surface area contributed by atoms with Crippen LogP contribution < -0.4 is 10.6 Å². The van der Waals surface area contributed by atoms with E-state index >= 15 is 0 Å². The lowest BCUT2D eigenvalue weighted by molar-refractivity contribution is 0.909. The largest absolute Gasteiger partial charge is 0.382 e. The Labute approximate surface area is 83.3 Å². The third-order valence-electron chi connectivity index (χ3n) is 2.52. The molecule has 0 saturated heterocycles. The predicted molar refractivity (Wildman–Crippen MR) is 56.7 cm³/mol. The van der Waals surface area contributed by atoms with E-state index in [0.29, 0.717) is 11.7 Å². The highest BCUT2D eigenvalue weighted by Crippen LogP contribution is 2.31. The molecular weight excluding hydrogens is 176 g/mol. The zero-order chi connectivity index (χ0) is 10.1. The first-order valence-electron chi connectivity index (χ1n) is 4.72. The lowest BCUT2D eigenvalue weighted by Crippen LogP contribution is -2.24. The summed E-state index contributed by atoms with van der Waals surface area (Å²) in [6, 6.07) is 4.44. The van der Waals surface area contributed by atoms with Crippen LogP contribution in [-0.2, 0) is 0 Å². The van der Waals surface area contributed by atoms with Gasteiger partial charge in [0.2, 0.25) is 0 Å². The van der Waals surface area contributed by atoms with Crippen molar-refractivity contribution >= 4 is 11.5 Å². The Morgan fingerprint density at radius 1 is 1.64 bits per heavy atom. The van der Waals surface area contributed by atoms with Crippen molar-refractivity contribution in [3.05, 3.63) is 24.0 Å². The number of amidine groups is 1. The molecule has 1 aliphatic carbocycles. The fraction of sp³-hybridized carbons (Fsp3) is 0.400. The van der Waals surface area contributed by atoms with Crippen molar-refractivity contribution in [2.45, 2.75) is 18.9 Å². The highest BCUT2D eigenvalue weighted by Gasteiger charge is 2.28. The molecule has 2 rings (SSSR count). The van der Waals surface area contributed by atoms with E-state index in [0.717, 1.165) is 5.69 Å². The van der Waals surface area contributed by atoms with Gasteiger partial charge >= 0.3 is 0 Å². The van der Waals surface area contributed by atoms with Gasteiger partial charge in [0, 0.05) is 19.3 Å². The summed E-state index contributed by atoms with van der Waals surface area (Å²) in [5.74, 6) is 0.0353. The second-order valence-electron chi connectivity index (χ2n) is 3.63. The van der Waals surface area contributed by atoms with Crippen LogP contribution in [0.5, 0.6) is 0 Å². The lowest BCUT2D eigenvalue weighted by atomic mass is 10.2. The number of anilines is 1. The summed E-state index contributed by atoms with van der Waals surface area (Å²) < 4.78 is 0. The zero-order valence-corrected chi connectivity index (χ0v) is 8.20. The van der Waals surface area contributed by atoms with E-state index in [2.05, 4.69) is 9.88 Å². The van der Waals surface area contributed by atoms with Crippen LogP contribution in [0.3, 0.4) is 0 Å². The van der Waals surface area contributed by atoms with Gasteiger partial charge in [-0.15, -0.1) is 0 Å². The second kappa shape index (κ2) is 3.29. The van der Waals surface area contributed by atoms with Gasteiger partial charge in [-0.3, -0.25) is 10.4 Å². The number of nitrogens with zero attached hydrogens (tertiary/aromatic N) is 2. The quantitative estimate of drug-likeness (QED) is 0.551. The summed E-state index contributed by atoms with van der Waals surface area (Å²) in [7, 11) is 2.03. The van der Waals surface area contributed by atoms with E-state index in [-0.39, 0.29) is 5.84 Å². The number of hydrogen-bond donors (Lipinski definition) is 2. The topological polar surface area (TPSA) is 66.0 Å². The summed E-state index contributed by atoms with van der Waals surface area (Å²) in [6.07, 6.45) is 4.12. The Bertz CT molecular complexity index is 357. The van der Waals surface area contributed by atoms with E-state index in [1.54, 1.807) is 6.20 Å². The van der Waals surface area contributed by atoms with Gasteiger partial charge in [-0.2, -0.15) is 0 Å². The number of nitrogens with one attached hydrogen (secondary N) is 1. The molecular formula is C10H14N4. The van der Waals surface area contributed by atoms with Crippen molar-refractivity contribution in [3.63, 3.8) is 0 Å². The zero-order valence-electron chi connectivity index (χ0n) is 8.20. The summed E-state index contributed by atoms with van der Waals surface area (Å²) in [6.45, 7) is 0. The maximum Gasteiger partial charge on any atom is 0.143 e. The van der Waals surface area contributed by atoms with Crippen molar-refractivity contribution in [1.82, 2.24) is 4.98 Å². The Morgan fingerprint density at radius 3 is 2.93 bits per heavy atom. The van der Waals surface area contributed by atoms with Crippen molar-refractivity contribution in [3.8, 4) is 0 Å². The average molecular weight is 190 g/mol. The fourth-order valence-electron chi connectivity index (χ4n) is 1.55. The molecule has 4 nitrogen and oxygen atoms in total. The van der Waals surface area contributed by atoms with Crippen LogP contribution in [-0.4, -0.2) is 23.9 Å². The van der Waals surface area contributed by atoms with Gasteiger partial charge < -0.3 is 10.6 Å². The molecule has 74 valence electrons. The van der Waals surface area contributed by atoms with Crippen molar-refractivity contribution in [2.24, 2.45) is 5.73 Å². The van der Waals surface area contributed by atoms with Crippen LogP contribution in [0.2, 0.25) is 0 Å².